The summed E-state index contributed by atoms with van der Waals surface area (Å²) in [6, 6.07) is -0.216. The molecule has 5 nitrogen and oxygen atoms in total. The van der Waals surface area contributed by atoms with Crippen molar-refractivity contribution in [3.8, 4) is 0 Å². The lowest BCUT2D eigenvalue weighted by atomic mass is 10.2. The van der Waals surface area contributed by atoms with Crippen LogP contribution in [0.1, 0.15) is 13.3 Å². The van der Waals surface area contributed by atoms with Crippen molar-refractivity contribution in [1.29, 1.82) is 0 Å². The minimum absolute atomic E-state index is 0.0922. The van der Waals surface area contributed by atoms with Crippen LogP contribution in [-0.2, 0) is 19.0 Å². The molecule has 1 saturated heterocycles. The van der Waals surface area contributed by atoms with Gasteiger partial charge in [0.2, 0.25) is 0 Å². The number of carbonyl (C=O) groups excluding carboxylic acids is 1. The van der Waals surface area contributed by atoms with Gasteiger partial charge in [0.05, 0.1) is 26.4 Å². The quantitative estimate of drug-likeness (QED) is 0.499. The van der Waals surface area contributed by atoms with E-state index in [-0.39, 0.29) is 18.1 Å². The van der Waals surface area contributed by atoms with Gasteiger partial charge in [0.1, 0.15) is 6.04 Å². The van der Waals surface area contributed by atoms with Crippen LogP contribution in [0.15, 0.2) is 0 Å². The van der Waals surface area contributed by atoms with E-state index in [2.05, 4.69) is 10.1 Å². The molecule has 2 unspecified atom stereocenters. The predicted octanol–water partition coefficient (Wildman–Crippen LogP) is -0.0570. The molecule has 0 bridgehead atoms. The van der Waals surface area contributed by atoms with Gasteiger partial charge in [-0.25, -0.2) is 0 Å². The molecule has 1 N–H and O–H groups in total. The first-order valence-corrected chi connectivity index (χ1v) is 5.28. The molecule has 0 radical (unpaired) electrons. The summed E-state index contributed by atoms with van der Waals surface area (Å²) < 4.78 is 15.3. The Labute approximate surface area is 90.1 Å². The average molecular weight is 217 g/mol. The molecular formula is C10H19NO4. The van der Waals surface area contributed by atoms with Gasteiger partial charge < -0.3 is 19.5 Å². The highest BCUT2D eigenvalue weighted by Gasteiger charge is 2.30. The smallest absolute Gasteiger partial charge is 0.322 e. The fourth-order valence-corrected chi connectivity index (χ4v) is 1.57. The zero-order valence-corrected chi connectivity index (χ0v) is 9.32. The molecule has 0 aromatic rings. The summed E-state index contributed by atoms with van der Waals surface area (Å²) in [4.78, 5) is 11.2. The number of esters is 1. The highest BCUT2D eigenvalue weighted by Crippen LogP contribution is 2.11. The van der Waals surface area contributed by atoms with Gasteiger partial charge >= 0.3 is 5.97 Å². The summed E-state index contributed by atoms with van der Waals surface area (Å²) in [5.74, 6) is -0.217. The predicted molar refractivity (Wildman–Crippen MR) is 54.7 cm³/mol. The Morgan fingerprint density at radius 2 is 2.27 bits per heavy atom. The van der Waals surface area contributed by atoms with E-state index in [1.54, 1.807) is 0 Å². The third kappa shape index (κ3) is 4.15. The highest BCUT2D eigenvalue weighted by atomic mass is 16.5. The third-order valence-corrected chi connectivity index (χ3v) is 2.36. The molecule has 1 heterocycles. The Kier molecular flexibility index (Phi) is 5.60. The van der Waals surface area contributed by atoms with E-state index in [1.165, 1.54) is 7.11 Å². The fraction of sp³-hybridized carbons (Fsp3) is 0.900. The fourth-order valence-electron chi connectivity index (χ4n) is 1.57. The lowest BCUT2D eigenvalue weighted by Crippen LogP contribution is -2.31. The number of ether oxygens (including phenoxy) is 3. The van der Waals surface area contributed by atoms with Crippen LogP contribution in [0.25, 0.3) is 0 Å². The molecular weight excluding hydrogens is 198 g/mol. The van der Waals surface area contributed by atoms with Crippen LogP contribution in [0.4, 0.5) is 0 Å². The zero-order chi connectivity index (χ0) is 11.1. The van der Waals surface area contributed by atoms with Crippen molar-refractivity contribution >= 4 is 5.97 Å². The minimum Gasteiger partial charge on any atom is -0.468 e. The molecule has 0 amide bonds. The molecule has 1 aliphatic heterocycles. The molecule has 88 valence electrons. The van der Waals surface area contributed by atoms with Crippen LogP contribution >= 0.6 is 0 Å². The molecule has 15 heavy (non-hydrogen) atoms. The van der Waals surface area contributed by atoms with Crippen molar-refractivity contribution in [2.45, 2.75) is 25.5 Å². The van der Waals surface area contributed by atoms with E-state index in [9.17, 15) is 4.79 Å². The number of hydrogen-bond acceptors (Lipinski definition) is 5. The average Bonchev–Trinajstić information content (AvgIpc) is 2.72. The standard InChI is InChI=1S/C10H19NO4/c1-3-14-4-5-15-8-6-9(11-7-8)10(12)13-2/h8-9,11H,3-7H2,1-2H3. The summed E-state index contributed by atoms with van der Waals surface area (Å²) in [5.41, 5.74) is 0. The lowest BCUT2D eigenvalue weighted by Gasteiger charge is -2.10. The van der Waals surface area contributed by atoms with Crippen molar-refractivity contribution in [2.75, 3.05) is 33.5 Å². The van der Waals surface area contributed by atoms with Crippen LogP contribution in [0, 0.1) is 0 Å². The Morgan fingerprint density at radius 3 is 2.93 bits per heavy atom. The first-order valence-electron chi connectivity index (χ1n) is 5.28. The summed E-state index contributed by atoms with van der Waals surface area (Å²) in [7, 11) is 1.40. The summed E-state index contributed by atoms with van der Waals surface area (Å²) >= 11 is 0. The van der Waals surface area contributed by atoms with Crippen LogP contribution < -0.4 is 5.32 Å². The van der Waals surface area contributed by atoms with Crippen molar-refractivity contribution in [3.05, 3.63) is 0 Å². The van der Waals surface area contributed by atoms with Crippen molar-refractivity contribution in [1.82, 2.24) is 5.32 Å². The topological polar surface area (TPSA) is 56.8 Å². The van der Waals surface area contributed by atoms with E-state index >= 15 is 0 Å². The number of methoxy groups -OCH3 is 1. The van der Waals surface area contributed by atoms with E-state index in [0.29, 0.717) is 32.8 Å². The van der Waals surface area contributed by atoms with E-state index in [4.69, 9.17) is 9.47 Å². The molecule has 1 fully saturated rings. The second-order valence-electron chi connectivity index (χ2n) is 3.41. The van der Waals surface area contributed by atoms with Crippen LogP contribution in [0.3, 0.4) is 0 Å². The Hall–Kier alpha value is -0.650. The largest absolute Gasteiger partial charge is 0.468 e. The maximum Gasteiger partial charge on any atom is 0.322 e. The van der Waals surface area contributed by atoms with Gasteiger partial charge in [0, 0.05) is 19.6 Å². The lowest BCUT2D eigenvalue weighted by molar-refractivity contribution is -0.142. The maximum absolute atomic E-state index is 11.2. The van der Waals surface area contributed by atoms with Crippen molar-refractivity contribution in [2.24, 2.45) is 0 Å². The molecule has 0 aromatic heterocycles. The second-order valence-corrected chi connectivity index (χ2v) is 3.41. The third-order valence-electron chi connectivity index (χ3n) is 2.36. The minimum atomic E-state index is -0.217. The molecule has 5 heteroatoms. The van der Waals surface area contributed by atoms with Gasteiger partial charge in [0.15, 0.2) is 0 Å². The normalized spacial score (nSPS) is 25.5. The summed E-state index contributed by atoms with van der Waals surface area (Å²) in [5, 5.41) is 3.06. The van der Waals surface area contributed by atoms with E-state index in [0.717, 1.165) is 0 Å². The van der Waals surface area contributed by atoms with Gasteiger partial charge in [0.25, 0.3) is 0 Å². The number of rotatable bonds is 6. The molecule has 0 aromatic carbocycles. The first kappa shape index (κ1) is 12.4. The molecule has 0 spiro atoms. The first-order chi connectivity index (χ1) is 7.27. The maximum atomic E-state index is 11.2. The van der Waals surface area contributed by atoms with Gasteiger partial charge in [-0.3, -0.25) is 4.79 Å². The van der Waals surface area contributed by atoms with E-state index < -0.39 is 0 Å². The highest BCUT2D eigenvalue weighted by molar-refractivity contribution is 5.76. The summed E-state index contributed by atoms with van der Waals surface area (Å²) in [6.45, 7) is 4.54. The Bertz CT molecular complexity index is 198. The van der Waals surface area contributed by atoms with Crippen LogP contribution in [0.2, 0.25) is 0 Å². The SMILES string of the molecule is CCOCCOC1CNC(C(=O)OC)C1. The van der Waals surface area contributed by atoms with Gasteiger partial charge in [-0.1, -0.05) is 0 Å². The zero-order valence-electron chi connectivity index (χ0n) is 9.32. The molecule has 0 saturated carbocycles. The second kappa shape index (κ2) is 6.76. The monoisotopic (exact) mass is 217 g/mol. The van der Waals surface area contributed by atoms with Crippen molar-refractivity contribution < 1.29 is 19.0 Å². The molecule has 2 atom stereocenters. The van der Waals surface area contributed by atoms with Gasteiger partial charge in [-0.2, -0.15) is 0 Å². The number of hydrogen-bond donors (Lipinski definition) is 1. The molecule has 1 aliphatic rings. The Morgan fingerprint density at radius 1 is 1.47 bits per heavy atom. The summed E-state index contributed by atoms with van der Waals surface area (Å²) in [6.07, 6.45) is 0.772. The Balaban J connectivity index is 2.11. The van der Waals surface area contributed by atoms with Gasteiger partial charge in [-0.15, -0.1) is 0 Å². The molecule has 1 rings (SSSR count). The van der Waals surface area contributed by atoms with Crippen molar-refractivity contribution in [3.63, 3.8) is 0 Å². The number of nitrogens with one attached hydrogen (secondary N) is 1. The van der Waals surface area contributed by atoms with Gasteiger partial charge in [-0.05, 0) is 6.92 Å². The molecule has 0 aliphatic carbocycles. The van der Waals surface area contributed by atoms with E-state index in [1.807, 2.05) is 6.92 Å². The van der Waals surface area contributed by atoms with Crippen LogP contribution in [0.5, 0.6) is 0 Å². The number of carbonyl (C=O) groups is 1. The van der Waals surface area contributed by atoms with Crippen LogP contribution in [-0.4, -0.2) is 51.6 Å².